The van der Waals surface area contributed by atoms with Crippen LogP contribution in [0.3, 0.4) is 0 Å². The van der Waals surface area contributed by atoms with Gasteiger partial charge in [0.25, 0.3) is 0 Å². The van der Waals surface area contributed by atoms with Crippen LogP contribution in [-0.4, -0.2) is 26.4 Å². The van der Waals surface area contributed by atoms with Gasteiger partial charge >= 0.3 is 0 Å². The fourth-order valence-electron chi connectivity index (χ4n) is 2.20. The molecule has 0 bridgehead atoms. The number of phenols is 1. The van der Waals surface area contributed by atoms with Crippen molar-refractivity contribution >= 4 is 44.2 Å². The smallest absolute Gasteiger partial charge is 0.139 e. The van der Waals surface area contributed by atoms with Crippen molar-refractivity contribution in [2.24, 2.45) is 5.10 Å². The van der Waals surface area contributed by atoms with E-state index >= 15 is 0 Å². The van der Waals surface area contributed by atoms with Gasteiger partial charge in [0.1, 0.15) is 20.5 Å². The molecule has 1 aromatic heterocycles. The Morgan fingerprint density at radius 1 is 1.21 bits per heavy atom. The Kier molecular flexibility index (Phi) is 4.42. The second kappa shape index (κ2) is 6.51. The van der Waals surface area contributed by atoms with Gasteiger partial charge in [-0.2, -0.15) is 5.10 Å². The van der Waals surface area contributed by atoms with Crippen LogP contribution >= 0.6 is 11.6 Å². The Labute approximate surface area is 144 Å². The number of hydrazone groups is 1. The average molecular weight is 360 g/mol. The first kappa shape index (κ1) is 16.3. The summed E-state index contributed by atoms with van der Waals surface area (Å²) in [5.41, 5.74) is 0.528. The van der Waals surface area contributed by atoms with Gasteiger partial charge in [-0.25, -0.2) is 14.0 Å². The number of hydrogen-bond donors (Lipinski definition) is 2. The van der Waals surface area contributed by atoms with Gasteiger partial charge in [0, 0.05) is 11.8 Å². The molecule has 0 saturated carbocycles. The topological polar surface area (TPSA) is 74.6 Å². The molecule has 0 aliphatic rings. The van der Waals surface area contributed by atoms with Gasteiger partial charge in [0.2, 0.25) is 0 Å². The van der Waals surface area contributed by atoms with Gasteiger partial charge in [0.15, 0.2) is 0 Å². The largest absolute Gasteiger partial charge is 0.507 e. The van der Waals surface area contributed by atoms with E-state index in [9.17, 15) is 9.32 Å². The Morgan fingerprint density at radius 3 is 2.75 bits per heavy atom. The number of nitrogens with zero attached hydrogens (tertiary/aromatic N) is 2. The van der Waals surface area contributed by atoms with Gasteiger partial charge in [-0.1, -0.05) is 41.9 Å². The van der Waals surface area contributed by atoms with E-state index in [1.807, 2.05) is 30.3 Å². The van der Waals surface area contributed by atoms with E-state index in [0.717, 1.165) is 10.8 Å². The lowest BCUT2D eigenvalue weighted by Crippen LogP contribution is -2.19. The maximum atomic E-state index is 12.5. The molecular formula is C17H14ClN3O2S. The van der Waals surface area contributed by atoms with Crippen molar-refractivity contribution in [3.05, 3.63) is 65.3 Å². The van der Waals surface area contributed by atoms with Gasteiger partial charge in [-0.3, -0.25) is 0 Å². The summed E-state index contributed by atoms with van der Waals surface area (Å²) in [5, 5.41) is 16.5. The minimum Gasteiger partial charge on any atom is -0.507 e. The zero-order valence-corrected chi connectivity index (χ0v) is 14.1. The highest BCUT2D eigenvalue weighted by molar-refractivity contribution is 7.98. The summed E-state index contributed by atoms with van der Waals surface area (Å²) < 4.78 is 12.5. The van der Waals surface area contributed by atoms with Crippen molar-refractivity contribution in [1.82, 2.24) is 9.82 Å². The van der Waals surface area contributed by atoms with Crippen LogP contribution in [0, 0.1) is 0 Å². The number of fused-ring (bicyclic) bond motifs is 1. The summed E-state index contributed by atoms with van der Waals surface area (Å²) in [6.07, 6.45) is 2.81. The zero-order valence-electron chi connectivity index (χ0n) is 12.5. The molecule has 7 heteroatoms. The molecule has 0 aliphatic carbocycles. The van der Waals surface area contributed by atoms with Gasteiger partial charge in [-0.15, -0.1) is 0 Å². The molecule has 2 N–H and O–H groups in total. The van der Waals surface area contributed by atoms with Crippen molar-refractivity contribution in [3.63, 3.8) is 0 Å². The van der Waals surface area contributed by atoms with Crippen LogP contribution < -0.4 is 4.83 Å². The highest BCUT2D eigenvalue weighted by atomic mass is 35.5. The number of hydrogen-bond acceptors (Lipinski definition) is 4. The summed E-state index contributed by atoms with van der Waals surface area (Å²) in [6, 6.07) is 14.1. The third-order valence-electron chi connectivity index (χ3n) is 3.38. The van der Waals surface area contributed by atoms with Crippen LogP contribution in [0.15, 0.2) is 64.9 Å². The summed E-state index contributed by atoms with van der Waals surface area (Å²) in [4.78, 5) is 6.49. The number of benzene rings is 2. The molecule has 3 aromatic rings. The average Bonchev–Trinajstić information content (AvgIpc) is 2.57. The molecule has 1 unspecified atom stereocenters. The number of halogens is 1. The van der Waals surface area contributed by atoms with Crippen molar-refractivity contribution in [2.75, 3.05) is 0 Å². The first-order valence-corrected chi connectivity index (χ1v) is 9.07. The van der Waals surface area contributed by atoms with Crippen molar-refractivity contribution < 1.29 is 9.32 Å². The lowest BCUT2D eigenvalue weighted by molar-refractivity contribution is 0.475. The maximum absolute atomic E-state index is 12.5. The van der Waals surface area contributed by atoms with E-state index < -0.39 is 9.71 Å². The summed E-state index contributed by atoms with van der Waals surface area (Å²) in [5.74, 6) is 3.70. The maximum Gasteiger partial charge on any atom is 0.139 e. The fourth-order valence-corrected chi connectivity index (χ4v) is 3.14. The first-order chi connectivity index (χ1) is 11.5. The second-order valence-corrected chi connectivity index (χ2v) is 7.45. The summed E-state index contributed by atoms with van der Waals surface area (Å²) >= 11 is 5.77. The second-order valence-electron chi connectivity index (χ2n) is 5.06. The lowest BCUT2D eigenvalue weighted by atomic mass is 10.0. The lowest BCUT2D eigenvalue weighted by Gasteiger charge is -2.08. The molecule has 5 nitrogen and oxygen atoms in total. The van der Waals surface area contributed by atoms with Gasteiger partial charge < -0.3 is 5.11 Å². The van der Waals surface area contributed by atoms with Crippen LogP contribution in [0.5, 0.6) is 5.75 Å². The van der Waals surface area contributed by atoms with E-state index in [2.05, 4.69) is 20.8 Å². The normalized spacial score (nSPS) is 13.9. The van der Waals surface area contributed by atoms with Crippen molar-refractivity contribution in [3.8, 4) is 5.75 Å². The number of nitrogens with one attached hydrogen (secondary N) is 1. The predicted molar refractivity (Wildman–Crippen MR) is 99.1 cm³/mol. The Morgan fingerprint density at radius 2 is 2.00 bits per heavy atom. The minimum atomic E-state index is -2.91. The third kappa shape index (κ3) is 3.34. The van der Waals surface area contributed by atoms with Crippen molar-refractivity contribution in [1.29, 1.82) is 0 Å². The molecule has 0 amide bonds. The first-order valence-electron chi connectivity index (χ1n) is 6.97. The van der Waals surface area contributed by atoms with E-state index in [0.29, 0.717) is 10.6 Å². The molecule has 0 radical (unpaired) electrons. The van der Waals surface area contributed by atoms with Crippen LogP contribution in [-0.2, 0) is 9.71 Å². The number of rotatable bonds is 4. The summed E-state index contributed by atoms with van der Waals surface area (Å²) in [7, 11) is -2.91. The summed E-state index contributed by atoms with van der Waals surface area (Å²) in [6.45, 7) is 0. The van der Waals surface area contributed by atoms with Crippen LogP contribution in [0.2, 0.25) is 5.02 Å². The Hall–Kier alpha value is -2.57. The minimum absolute atomic E-state index is 0.0828. The molecule has 0 aliphatic heterocycles. The highest BCUT2D eigenvalue weighted by Crippen LogP contribution is 2.25. The number of pyridine rings is 1. The van der Waals surface area contributed by atoms with Gasteiger partial charge in [0.05, 0.1) is 11.2 Å². The zero-order chi connectivity index (χ0) is 17.2. The molecular weight excluding hydrogens is 346 g/mol. The monoisotopic (exact) mass is 359 g/mol. The number of aromatic nitrogens is 1. The Balaban J connectivity index is 1.89. The third-order valence-corrected chi connectivity index (χ3v) is 4.92. The fraction of sp³-hybridized carbons (Fsp3) is 0. The molecule has 0 saturated heterocycles. The molecule has 24 heavy (non-hydrogen) atoms. The standard InChI is InChI=1S/C17H14ClN3O2S/c1-24(23,17-9-7-13(18)10-19-17)21-20-11-15-14-5-3-2-4-12(14)6-8-16(15)22/h2-11,22H,1H2,(H,21,23)/b20-11+. The molecule has 0 spiro atoms. The quantitative estimate of drug-likeness (QED) is 0.426. The van der Waals surface area contributed by atoms with Crippen molar-refractivity contribution in [2.45, 2.75) is 5.03 Å². The molecule has 2 aromatic carbocycles. The van der Waals surface area contributed by atoms with Crippen LogP contribution in [0.25, 0.3) is 10.8 Å². The van der Waals surface area contributed by atoms with Gasteiger partial charge in [-0.05, 0) is 34.8 Å². The van der Waals surface area contributed by atoms with Crippen LogP contribution in [0.1, 0.15) is 5.56 Å². The van der Waals surface area contributed by atoms with E-state index in [-0.39, 0.29) is 10.8 Å². The van der Waals surface area contributed by atoms with E-state index in [1.54, 1.807) is 12.1 Å². The predicted octanol–water partition coefficient (Wildman–Crippen LogP) is 3.21. The molecule has 3 rings (SSSR count). The van der Waals surface area contributed by atoms with E-state index in [1.165, 1.54) is 18.5 Å². The molecule has 1 atom stereocenters. The number of aromatic hydroxyl groups is 1. The number of phenolic OH excluding ortho intramolecular Hbond substituents is 1. The van der Waals surface area contributed by atoms with Crippen LogP contribution in [0.4, 0.5) is 0 Å². The van der Waals surface area contributed by atoms with E-state index in [4.69, 9.17) is 11.6 Å². The highest BCUT2D eigenvalue weighted by Gasteiger charge is 2.08. The molecule has 122 valence electrons. The molecule has 0 fully saturated rings. The molecule has 1 heterocycles. The SMILES string of the molecule is C=S(=O)(N/N=C/c1c(O)ccc2ccccc12)c1ccc(Cl)cn1. The Bertz CT molecular complexity index is 1020.